The number of ether oxygens (including phenoxy) is 3. The van der Waals surface area contributed by atoms with E-state index in [9.17, 15) is 21.0 Å². The highest BCUT2D eigenvalue weighted by Crippen LogP contribution is 2.44. The number of thiophene rings is 2. The van der Waals surface area contributed by atoms with Crippen LogP contribution in [0.2, 0.25) is 0 Å². The van der Waals surface area contributed by atoms with E-state index in [1.165, 1.54) is 177 Å². The maximum absolute atomic E-state index is 9.84. The van der Waals surface area contributed by atoms with Crippen LogP contribution >= 0.6 is 22.7 Å². The first-order valence-electron chi connectivity index (χ1n) is 26.0. The molecule has 0 amide bonds. The number of benzene rings is 1. The van der Waals surface area contributed by atoms with Gasteiger partial charge in [0.2, 0.25) is 5.75 Å². The van der Waals surface area contributed by atoms with Gasteiger partial charge in [0.25, 0.3) is 0 Å². The van der Waals surface area contributed by atoms with E-state index in [-0.39, 0.29) is 11.1 Å². The van der Waals surface area contributed by atoms with Crippen molar-refractivity contribution in [2.75, 3.05) is 19.8 Å². The van der Waals surface area contributed by atoms with Crippen LogP contribution < -0.4 is 23.3 Å². The van der Waals surface area contributed by atoms with Gasteiger partial charge in [0, 0.05) is 12.1 Å². The summed E-state index contributed by atoms with van der Waals surface area (Å²) in [4.78, 5) is 0. The Morgan fingerprint density at radius 1 is 0.409 bits per heavy atom. The number of hydrogen-bond acceptors (Lipinski definition) is 9. The third-order valence-corrected chi connectivity index (χ3v) is 15.0. The van der Waals surface area contributed by atoms with E-state index in [4.69, 9.17) is 14.2 Å². The molecule has 0 aliphatic rings. The Bertz CT molecular complexity index is 2140. The molecule has 4 rings (SSSR count). The van der Waals surface area contributed by atoms with Crippen molar-refractivity contribution >= 4 is 54.3 Å². The zero-order chi connectivity index (χ0) is 47.0. The van der Waals surface area contributed by atoms with Crippen molar-refractivity contribution in [3.63, 3.8) is 0 Å². The predicted molar refractivity (Wildman–Crippen MR) is 277 cm³/mol. The lowest BCUT2D eigenvalue weighted by atomic mass is 10.1. The number of fused-ring (bicyclic) bond motifs is 3. The summed E-state index contributed by atoms with van der Waals surface area (Å²) in [6.45, 7) is 8.48. The number of nitrogens with zero attached hydrogens (tertiary/aromatic N) is 5. The molecule has 0 spiro atoms. The number of rotatable bonds is 37. The SMILES string of the molecule is CCCCCCCCCCCCOc1cc(-n2c3cc(=C(C#N)C#N)sc3c3sc(=C(C#N)C#N)cc32)cc(OCCCCCCCCCCCC)c1OCCCCCCCCCCCC. The summed E-state index contributed by atoms with van der Waals surface area (Å²) in [6, 6.07) is 16.1. The third kappa shape index (κ3) is 18.0. The van der Waals surface area contributed by atoms with Gasteiger partial charge in [-0.1, -0.05) is 194 Å². The molecule has 3 heterocycles. The van der Waals surface area contributed by atoms with Gasteiger partial charge in [0.05, 0.1) is 55.0 Å². The van der Waals surface area contributed by atoms with E-state index >= 15 is 0 Å². The maximum Gasteiger partial charge on any atom is 0.203 e. The van der Waals surface area contributed by atoms with Gasteiger partial charge in [0.15, 0.2) is 11.5 Å². The first-order valence-corrected chi connectivity index (χ1v) is 27.7. The summed E-state index contributed by atoms with van der Waals surface area (Å²) < 4.78 is 25.2. The molecule has 0 saturated heterocycles. The van der Waals surface area contributed by atoms with E-state index in [1.54, 1.807) is 0 Å². The van der Waals surface area contributed by atoms with Gasteiger partial charge in [-0.3, -0.25) is 0 Å². The second-order valence-corrected chi connectivity index (χ2v) is 20.1. The fourth-order valence-corrected chi connectivity index (χ4v) is 11.0. The van der Waals surface area contributed by atoms with Crippen molar-refractivity contribution in [2.45, 2.75) is 213 Å². The molecule has 3 aromatic heterocycles. The van der Waals surface area contributed by atoms with Gasteiger partial charge < -0.3 is 18.8 Å². The monoisotopic (exact) mass is 934 g/mol. The summed E-state index contributed by atoms with van der Waals surface area (Å²) >= 11 is 2.76. The van der Waals surface area contributed by atoms with Crippen LogP contribution in [0.3, 0.4) is 0 Å². The average Bonchev–Trinajstić information content (AvgIpc) is 4.02. The first-order chi connectivity index (χ1) is 32.5. The van der Waals surface area contributed by atoms with Gasteiger partial charge in [-0.2, -0.15) is 21.0 Å². The molecule has 1 aromatic carbocycles. The van der Waals surface area contributed by atoms with Gasteiger partial charge in [-0.25, -0.2) is 0 Å². The lowest BCUT2D eigenvalue weighted by molar-refractivity contribution is 0.234. The van der Waals surface area contributed by atoms with Gasteiger partial charge in [0.1, 0.15) is 35.4 Å². The molecule has 0 fully saturated rings. The summed E-state index contributed by atoms with van der Waals surface area (Å²) in [7, 11) is 0. The van der Waals surface area contributed by atoms with Crippen molar-refractivity contribution in [1.82, 2.24) is 4.57 Å². The zero-order valence-corrected chi connectivity index (χ0v) is 42.6. The molecule has 0 atom stereocenters. The lowest BCUT2D eigenvalue weighted by Crippen LogP contribution is -2.08. The molecular formula is C56H79N5O3S2. The van der Waals surface area contributed by atoms with Crippen molar-refractivity contribution in [1.29, 1.82) is 21.0 Å². The minimum Gasteiger partial charge on any atom is -0.489 e. The highest BCUT2D eigenvalue weighted by Gasteiger charge is 2.22. The number of unbranched alkanes of at least 4 members (excludes halogenated alkanes) is 27. The highest BCUT2D eigenvalue weighted by molar-refractivity contribution is 7.25. The smallest absolute Gasteiger partial charge is 0.203 e. The van der Waals surface area contributed by atoms with E-state index in [0.29, 0.717) is 46.1 Å². The number of nitriles is 4. The highest BCUT2D eigenvalue weighted by atomic mass is 32.1. The van der Waals surface area contributed by atoms with Crippen LogP contribution in [-0.4, -0.2) is 24.4 Å². The summed E-state index contributed by atoms with van der Waals surface area (Å²) in [5.74, 6) is 1.91. The second-order valence-electron chi connectivity index (χ2n) is 18.0. The predicted octanol–water partition coefficient (Wildman–Crippen LogP) is 16.2. The van der Waals surface area contributed by atoms with Crippen LogP contribution in [0.15, 0.2) is 24.3 Å². The topological polar surface area (TPSA) is 128 Å². The second kappa shape index (κ2) is 33.1. The molecule has 8 nitrogen and oxygen atoms in total. The van der Waals surface area contributed by atoms with E-state index in [0.717, 1.165) is 64.6 Å². The van der Waals surface area contributed by atoms with Gasteiger partial charge in [-0.15, -0.1) is 22.7 Å². The Balaban J connectivity index is 1.65. The Labute approximate surface area is 405 Å². The molecule has 10 heteroatoms. The van der Waals surface area contributed by atoms with Gasteiger partial charge >= 0.3 is 0 Å². The Kier molecular flexibility index (Phi) is 27.1. The molecular weight excluding hydrogens is 855 g/mol. The van der Waals surface area contributed by atoms with Crippen molar-refractivity contribution in [2.24, 2.45) is 0 Å². The fourth-order valence-electron chi connectivity index (χ4n) is 8.70. The van der Waals surface area contributed by atoms with Crippen molar-refractivity contribution in [3.8, 4) is 47.2 Å². The molecule has 0 N–H and O–H groups in total. The molecule has 0 aliphatic carbocycles. The minimum atomic E-state index is 0.0470. The normalized spacial score (nSPS) is 11.1. The van der Waals surface area contributed by atoms with E-state index in [1.807, 2.05) is 24.3 Å². The Hall–Kier alpha value is -4.48. The van der Waals surface area contributed by atoms with Gasteiger partial charge in [-0.05, 0) is 31.4 Å². The van der Waals surface area contributed by atoms with Crippen LogP contribution in [0.1, 0.15) is 213 Å². The summed E-state index contributed by atoms with van der Waals surface area (Å²) in [6.07, 6.45) is 37.3. The molecule has 0 bridgehead atoms. The molecule has 0 saturated carbocycles. The molecule has 358 valence electrons. The first kappa shape index (κ1) is 54.1. The molecule has 0 unspecified atom stereocenters. The number of hydrogen-bond donors (Lipinski definition) is 0. The van der Waals surface area contributed by atoms with Crippen LogP contribution in [0, 0.1) is 45.3 Å². The summed E-state index contributed by atoms with van der Waals surface area (Å²) in [5.41, 5.74) is 2.55. The van der Waals surface area contributed by atoms with Crippen LogP contribution in [0.5, 0.6) is 17.2 Å². The molecule has 4 aromatic rings. The quantitative estimate of drug-likeness (QED) is 0.0412. The van der Waals surface area contributed by atoms with Crippen LogP contribution in [0.25, 0.3) is 37.3 Å². The minimum absolute atomic E-state index is 0.0470. The largest absolute Gasteiger partial charge is 0.489 e. The van der Waals surface area contributed by atoms with Crippen LogP contribution in [0.4, 0.5) is 0 Å². The molecule has 0 radical (unpaired) electrons. The summed E-state index contributed by atoms with van der Waals surface area (Å²) in [5, 5.41) is 39.4. The third-order valence-electron chi connectivity index (χ3n) is 12.6. The standard InChI is InChI=1S/C56H79N5O3S2/c1-4-7-10-13-16-19-22-25-28-31-34-62-50-37-47(61-48-39-52(45(41-57)42-58)65-55(48)56-49(61)40-53(66-56)46(43-59)44-60)38-51(63-35-32-29-26-23-20-17-14-11-8-5-2)54(50)64-36-33-30-27-24-21-18-15-12-9-6-3/h37-40H,4-36H2,1-3H3. The Morgan fingerprint density at radius 3 is 1.00 bits per heavy atom. The molecule has 66 heavy (non-hydrogen) atoms. The Morgan fingerprint density at radius 2 is 0.697 bits per heavy atom. The van der Waals surface area contributed by atoms with Crippen LogP contribution in [-0.2, 0) is 0 Å². The zero-order valence-electron chi connectivity index (χ0n) is 40.9. The molecule has 0 aliphatic heterocycles. The average molecular weight is 934 g/mol. The number of aromatic nitrogens is 1. The van der Waals surface area contributed by atoms with Crippen molar-refractivity contribution in [3.05, 3.63) is 33.3 Å². The van der Waals surface area contributed by atoms with E-state index in [2.05, 4.69) is 49.6 Å². The van der Waals surface area contributed by atoms with Crippen molar-refractivity contribution < 1.29 is 14.2 Å². The van der Waals surface area contributed by atoms with E-state index < -0.39 is 0 Å². The fraction of sp³-hybridized carbons (Fsp3) is 0.643. The lowest BCUT2D eigenvalue weighted by Gasteiger charge is -2.20. The maximum atomic E-state index is 9.84.